The van der Waals surface area contributed by atoms with Crippen LogP contribution in [-0.4, -0.2) is 55.4 Å². The number of rotatable bonds is 12. The molecule has 1 aliphatic rings. The van der Waals surface area contributed by atoms with Gasteiger partial charge in [0.2, 0.25) is 15.9 Å². The van der Waals surface area contributed by atoms with E-state index in [9.17, 15) is 28.2 Å². The first-order valence-electron chi connectivity index (χ1n) is 10.6. The fourth-order valence-electron chi connectivity index (χ4n) is 3.54. The minimum absolute atomic E-state index is 0.0284. The lowest BCUT2D eigenvalue weighted by atomic mass is 9.90. The van der Waals surface area contributed by atoms with Crippen LogP contribution in [0.2, 0.25) is 0 Å². The van der Waals surface area contributed by atoms with E-state index in [1.165, 1.54) is 0 Å². The monoisotopic (exact) mass is 465 g/mol. The summed E-state index contributed by atoms with van der Waals surface area (Å²) in [5.74, 6) is -0.700. The SMILES string of the molecule is CS(=O)(=O)NC(=O)CCC/C=C/C[C@H]1C(=O)C[C@@H](O)[C@@H]1/C=C\[C@@H](O)COc1ccccc1. The van der Waals surface area contributed by atoms with Crippen LogP contribution < -0.4 is 9.46 Å². The maximum absolute atomic E-state index is 12.3. The Morgan fingerprint density at radius 1 is 1.28 bits per heavy atom. The van der Waals surface area contributed by atoms with E-state index in [1.807, 2.05) is 35.1 Å². The second-order valence-electron chi connectivity index (χ2n) is 7.89. The number of amides is 1. The molecule has 0 spiro atoms. The second kappa shape index (κ2) is 12.5. The number of carbonyl (C=O) groups excluding carboxylic acids is 2. The summed E-state index contributed by atoms with van der Waals surface area (Å²) < 4.78 is 29.4. The van der Waals surface area contributed by atoms with Crippen LogP contribution in [0.3, 0.4) is 0 Å². The smallest absolute Gasteiger partial charge is 0.233 e. The third kappa shape index (κ3) is 9.33. The molecule has 4 atom stereocenters. The van der Waals surface area contributed by atoms with Gasteiger partial charge in [-0.15, -0.1) is 0 Å². The number of benzene rings is 1. The van der Waals surface area contributed by atoms with E-state index in [4.69, 9.17) is 4.74 Å². The molecule has 1 aliphatic carbocycles. The molecule has 2 rings (SSSR count). The van der Waals surface area contributed by atoms with Gasteiger partial charge in [-0.3, -0.25) is 14.3 Å². The third-order valence-electron chi connectivity index (χ3n) is 5.08. The minimum atomic E-state index is -3.54. The van der Waals surface area contributed by atoms with Gasteiger partial charge in [0.05, 0.1) is 12.4 Å². The molecule has 0 radical (unpaired) electrons. The van der Waals surface area contributed by atoms with Crippen molar-refractivity contribution in [2.45, 2.75) is 44.3 Å². The number of hydrogen-bond acceptors (Lipinski definition) is 7. The molecule has 0 saturated heterocycles. The number of Topliss-reactive ketones (excluding diaryl/α,β-unsaturated/α-hetero) is 1. The van der Waals surface area contributed by atoms with Gasteiger partial charge in [0.25, 0.3) is 0 Å². The Balaban J connectivity index is 1.78. The van der Waals surface area contributed by atoms with Crippen molar-refractivity contribution in [1.29, 1.82) is 0 Å². The molecule has 8 nitrogen and oxygen atoms in total. The Morgan fingerprint density at radius 2 is 2.00 bits per heavy atom. The van der Waals surface area contributed by atoms with E-state index in [-0.39, 0.29) is 37.1 Å². The Hall–Kier alpha value is -2.49. The first-order chi connectivity index (χ1) is 15.2. The lowest BCUT2D eigenvalue weighted by Gasteiger charge is -2.17. The van der Waals surface area contributed by atoms with Crippen molar-refractivity contribution in [3.05, 3.63) is 54.6 Å². The lowest BCUT2D eigenvalue weighted by Crippen LogP contribution is -2.28. The molecule has 1 saturated carbocycles. The Morgan fingerprint density at radius 3 is 2.69 bits per heavy atom. The molecule has 0 bridgehead atoms. The number of allylic oxidation sites excluding steroid dienone is 2. The van der Waals surface area contributed by atoms with Crippen LogP contribution in [0.25, 0.3) is 0 Å². The number of ketones is 1. The summed E-state index contributed by atoms with van der Waals surface area (Å²) in [5, 5.41) is 20.4. The zero-order chi connectivity index (χ0) is 23.6. The van der Waals surface area contributed by atoms with Crippen molar-refractivity contribution in [2.24, 2.45) is 11.8 Å². The maximum atomic E-state index is 12.3. The number of ether oxygens (including phenoxy) is 1. The number of hydrogen-bond donors (Lipinski definition) is 3. The molecule has 1 fully saturated rings. The number of carbonyl (C=O) groups is 2. The molecule has 0 aliphatic heterocycles. The van der Waals surface area contributed by atoms with Crippen LogP contribution >= 0.6 is 0 Å². The van der Waals surface area contributed by atoms with Crippen LogP contribution in [-0.2, 0) is 19.6 Å². The van der Waals surface area contributed by atoms with E-state index >= 15 is 0 Å². The van der Waals surface area contributed by atoms with Crippen molar-refractivity contribution < 1.29 is 33.0 Å². The molecular formula is C23H31NO7S. The summed E-state index contributed by atoms with van der Waals surface area (Å²) in [5.41, 5.74) is 0. The number of aliphatic hydroxyl groups is 2. The third-order valence-corrected chi connectivity index (χ3v) is 5.68. The number of aliphatic hydroxyl groups excluding tert-OH is 2. The number of unbranched alkanes of at least 4 members (excludes halogenated alkanes) is 1. The predicted octanol–water partition coefficient (Wildman–Crippen LogP) is 1.74. The highest BCUT2D eigenvalue weighted by atomic mass is 32.2. The van der Waals surface area contributed by atoms with Crippen LogP contribution in [0.1, 0.15) is 32.1 Å². The summed E-state index contributed by atoms with van der Waals surface area (Å²) in [6.07, 6.45) is 7.84. The largest absolute Gasteiger partial charge is 0.491 e. The number of para-hydroxylation sites is 1. The van der Waals surface area contributed by atoms with Crippen LogP contribution in [0.5, 0.6) is 5.75 Å². The lowest BCUT2D eigenvalue weighted by molar-refractivity contribution is -0.121. The molecule has 32 heavy (non-hydrogen) atoms. The Labute approximate surface area is 189 Å². The van der Waals surface area contributed by atoms with Gasteiger partial charge in [0, 0.05) is 24.7 Å². The average Bonchev–Trinajstić information content (AvgIpc) is 2.99. The van der Waals surface area contributed by atoms with E-state index in [0.29, 0.717) is 25.0 Å². The van der Waals surface area contributed by atoms with Crippen LogP contribution in [0.15, 0.2) is 54.6 Å². The zero-order valence-electron chi connectivity index (χ0n) is 18.1. The van der Waals surface area contributed by atoms with Crippen LogP contribution in [0, 0.1) is 11.8 Å². The van der Waals surface area contributed by atoms with Gasteiger partial charge in [-0.05, 0) is 31.4 Å². The highest BCUT2D eigenvalue weighted by Crippen LogP contribution is 2.33. The topological polar surface area (TPSA) is 130 Å². The standard InChI is InChI=1S/C23H31NO7S/c1-32(29,30)24-23(28)12-8-3-2-7-11-19-20(22(27)15-21(19)26)14-13-17(25)16-31-18-9-5-4-6-10-18/h2,4-7,9-10,13-14,17,19-20,22,25,27H,3,8,11-12,15-16H2,1H3,(H,24,28)/b7-2+,14-13-/t17-,19-,20-,22-/m1/s1. The Bertz CT molecular complexity index is 912. The molecule has 176 valence electrons. The van der Waals surface area contributed by atoms with Crippen molar-refractivity contribution in [3.63, 3.8) is 0 Å². The van der Waals surface area contributed by atoms with Crippen molar-refractivity contribution in [1.82, 2.24) is 4.72 Å². The van der Waals surface area contributed by atoms with Gasteiger partial charge in [0.15, 0.2) is 0 Å². The normalized spacial score (nSPS) is 22.5. The fraction of sp³-hybridized carbons (Fsp3) is 0.478. The van der Waals surface area contributed by atoms with E-state index in [0.717, 1.165) is 6.26 Å². The molecule has 0 heterocycles. The maximum Gasteiger partial charge on any atom is 0.233 e. The summed E-state index contributed by atoms with van der Waals surface area (Å²) in [6, 6.07) is 9.11. The van der Waals surface area contributed by atoms with Crippen molar-refractivity contribution in [3.8, 4) is 5.75 Å². The highest BCUT2D eigenvalue weighted by molar-refractivity contribution is 7.89. The second-order valence-corrected chi connectivity index (χ2v) is 9.64. The summed E-state index contributed by atoms with van der Waals surface area (Å²) in [4.78, 5) is 23.7. The zero-order valence-corrected chi connectivity index (χ0v) is 18.9. The first kappa shape index (κ1) is 25.8. The summed E-state index contributed by atoms with van der Waals surface area (Å²) in [7, 11) is -3.54. The number of nitrogens with one attached hydrogen (secondary N) is 1. The van der Waals surface area contributed by atoms with Gasteiger partial charge in [-0.25, -0.2) is 8.42 Å². The van der Waals surface area contributed by atoms with Gasteiger partial charge in [0.1, 0.15) is 24.2 Å². The van der Waals surface area contributed by atoms with Gasteiger partial charge in [-0.2, -0.15) is 0 Å². The molecule has 3 N–H and O–H groups in total. The number of sulfonamides is 1. The first-order valence-corrected chi connectivity index (χ1v) is 12.5. The van der Waals surface area contributed by atoms with E-state index in [2.05, 4.69) is 0 Å². The van der Waals surface area contributed by atoms with Gasteiger partial charge in [-0.1, -0.05) is 42.5 Å². The summed E-state index contributed by atoms with van der Waals surface area (Å²) >= 11 is 0. The molecular weight excluding hydrogens is 434 g/mol. The van der Waals surface area contributed by atoms with E-state index in [1.54, 1.807) is 24.3 Å². The van der Waals surface area contributed by atoms with E-state index < -0.39 is 28.1 Å². The Kier molecular flexibility index (Phi) is 10.1. The molecule has 0 aromatic heterocycles. The summed E-state index contributed by atoms with van der Waals surface area (Å²) in [6.45, 7) is 0.0642. The predicted molar refractivity (Wildman–Crippen MR) is 120 cm³/mol. The fourth-order valence-corrected chi connectivity index (χ4v) is 4.05. The average molecular weight is 466 g/mol. The molecule has 0 unspecified atom stereocenters. The van der Waals surface area contributed by atoms with Crippen molar-refractivity contribution >= 4 is 21.7 Å². The van der Waals surface area contributed by atoms with Crippen molar-refractivity contribution in [2.75, 3.05) is 12.9 Å². The van der Waals surface area contributed by atoms with Gasteiger partial charge < -0.3 is 14.9 Å². The molecule has 9 heteroatoms. The van der Waals surface area contributed by atoms with Crippen LogP contribution in [0.4, 0.5) is 0 Å². The minimum Gasteiger partial charge on any atom is -0.491 e. The quantitative estimate of drug-likeness (QED) is 0.317. The molecule has 1 amide bonds. The highest BCUT2D eigenvalue weighted by Gasteiger charge is 2.39. The molecule has 1 aromatic carbocycles. The van der Waals surface area contributed by atoms with Gasteiger partial charge >= 0.3 is 0 Å². The molecule has 1 aromatic rings.